The van der Waals surface area contributed by atoms with Crippen molar-refractivity contribution >= 4 is 82.4 Å². The minimum atomic E-state index is -0.314. The smallest absolute Gasteiger partial charge is 0.143 e. The Morgan fingerprint density at radius 1 is 0.472 bits per heavy atom. The Morgan fingerprint density at radius 3 is 1.96 bits per heavy atom. The molecule has 2 heterocycles. The highest BCUT2D eigenvalue weighted by Gasteiger charge is 2.24. The van der Waals surface area contributed by atoms with Gasteiger partial charge >= 0.3 is 0 Å². The summed E-state index contributed by atoms with van der Waals surface area (Å²) in [5.41, 5.74) is 7.26. The summed E-state index contributed by atoms with van der Waals surface area (Å²) in [6.45, 7) is 0. The predicted molar refractivity (Wildman–Crippen MR) is 223 cm³/mol. The molecule has 53 heavy (non-hydrogen) atoms. The molecule has 0 aliphatic rings. The number of hydrogen-bond donors (Lipinski definition) is 0. The third kappa shape index (κ3) is 4.61. The maximum Gasteiger partial charge on any atom is 0.143 e. The van der Waals surface area contributed by atoms with Gasteiger partial charge in [0.2, 0.25) is 0 Å². The van der Waals surface area contributed by atoms with Crippen molar-refractivity contribution in [2.75, 3.05) is 4.90 Å². The first-order valence-corrected chi connectivity index (χ1v) is 17.8. The van der Waals surface area contributed by atoms with Crippen molar-refractivity contribution in [2.24, 2.45) is 0 Å². The van der Waals surface area contributed by atoms with Crippen LogP contribution in [0.25, 0.3) is 82.1 Å². The zero-order chi connectivity index (χ0) is 38.4. The van der Waals surface area contributed by atoms with Crippen molar-refractivity contribution < 1.29 is 9.90 Å². The van der Waals surface area contributed by atoms with E-state index in [1.807, 2.05) is 100 Å². The van der Waals surface area contributed by atoms with Gasteiger partial charge in [-0.05, 0) is 87.9 Å². The number of anilines is 3. The summed E-state index contributed by atoms with van der Waals surface area (Å²) in [5.74, 6) is 0. The molecule has 3 heteroatoms. The van der Waals surface area contributed by atoms with E-state index >= 15 is 0 Å². The lowest BCUT2D eigenvalue weighted by molar-refractivity contribution is 0.672. The summed E-state index contributed by atoms with van der Waals surface area (Å²) in [4.78, 5) is 2.01. The van der Waals surface area contributed by atoms with Gasteiger partial charge in [0.05, 0.1) is 39.0 Å². The molecule has 0 bridgehead atoms. The van der Waals surface area contributed by atoms with Crippen LogP contribution in [-0.2, 0) is 0 Å². The Hall–Kier alpha value is -7.10. The van der Waals surface area contributed by atoms with Gasteiger partial charge in [0.15, 0.2) is 0 Å². The van der Waals surface area contributed by atoms with E-state index < -0.39 is 0 Å². The Kier molecular flexibility index (Phi) is 5.71. The topological polar surface area (TPSA) is 21.3 Å². The van der Waals surface area contributed by atoms with Crippen molar-refractivity contribution in [3.63, 3.8) is 0 Å². The number of nitrogens with zero attached hydrogens (tertiary/aromatic N) is 2. The van der Waals surface area contributed by atoms with Crippen molar-refractivity contribution in [1.82, 2.24) is 4.57 Å². The van der Waals surface area contributed by atoms with Crippen LogP contribution in [0.3, 0.4) is 0 Å². The molecule has 0 aliphatic heterocycles. The molecule has 0 fully saturated rings. The van der Waals surface area contributed by atoms with Crippen LogP contribution in [0.4, 0.5) is 17.1 Å². The van der Waals surface area contributed by atoms with E-state index in [0.29, 0.717) is 17.0 Å². The minimum absolute atomic E-state index is 0.136. The van der Waals surface area contributed by atoms with Crippen LogP contribution in [0.2, 0.25) is 0 Å². The van der Waals surface area contributed by atoms with Crippen LogP contribution in [0.1, 0.15) is 5.48 Å². The highest BCUT2D eigenvalue weighted by molar-refractivity contribution is 6.20. The van der Waals surface area contributed by atoms with Crippen LogP contribution < -0.4 is 4.90 Å². The van der Waals surface area contributed by atoms with Crippen LogP contribution in [0.5, 0.6) is 0 Å². The summed E-state index contributed by atoms with van der Waals surface area (Å²) in [6, 6.07) is 56.5. The second-order valence-corrected chi connectivity index (χ2v) is 13.4. The molecule has 9 aromatic carbocycles. The standard InChI is InChI=1S/C50H32N2O/c1-2-15-35-31-37(28-27-33(35)13-1)36-16-11-17-38(32-36)51(47-25-12-26-48-49(47)42-30-29-34-14-3-4-18-39(34)50(42)53-48)45-23-9-10-24-46(45)52-43-21-7-5-19-40(43)41-20-6-8-22-44(41)52/h1-32H/i9D,10D,23D,24D. The number of furan rings is 1. The lowest BCUT2D eigenvalue weighted by Crippen LogP contribution is -2.13. The molecule has 248 valence electrons. The third-order valence-corrected chi connectivity index (χ3v) is 10.5. The molecular formula is C50H32N2O. The average Bonchev–Trinajstić information content (AvgIpc) is 3.81. The number of fused-ring (bicyclic) bond motifs is 9. The Labute approximate surface area is 311 Å². The monoisotopic (exact) mass is 680 g/mol. The molecule has 3 nitrogen and oxygen atoms in total. The lowest BCUT2D eigenvalue weighted by Gasteiger charge is -2.29. The van der Waals surface area contributed by atoms with E-state index in [0.717, 1.165) is 82.2 Å². The van der Waals surface area contributed by atoms with Crippen molar-refractivity contribution in [1.29, 1.82) is 0 Å². The van der Waals surface area contributed by atoms with E-state index in [2.05, 4.69) is 78.9 Å². The Morgan fingerprint density at radius 2 is 1.13 bits per heavy atom. The highest BCUT2D eigenvalue weighted by atomic mass is 16.3. The van der Waals surface area contributed by atoms with Gasteiger partial charge in [0.25, 0.3) is 0 Å². The van der Waals surface area contributed by atoms with Gasteiger partial charge in [-0.2, -0.15) is 0 Å². The summed E-state index contributed by atoms with van der Waals surface area (Å²) < 4.78 is 46.4. The van der Waals surface area contributed by atoms with Gasteiger partial charge in [-0.3, -0.25) is 0 Å². The molecule has 11 aromatic rings. The zero-order valence-electron chi connectivity index (χ0n) is 32.5. The largest absolute Gasteiger partial charge is 0.455 e. The fourth-order valence-corrected chi connectivity index (χ4v) is 8.09. The molecular weight excluding hydrogens is 645 g/mol. The van der Waals surface area contributed by atoms with Crippen LogP contribution in [0, 0.1) is 0 Å². The normalized spacial score (nSPS) is 12.8. The molecule has 0 spiro atoms. The molecule has 0 radical (unpaired) electrons. The maximum absolute atomic E-state index is 9.80. The molecule has 0 saturated carbocycles. The third-order valence-electron chi connectivity index (χ3n) is 10.5. The first kappa shape index (κ1) is 25.8. The van der Waals surface area contributed by atoms with Gasteiger partial charge in [-0.15, -0.1) is 0 Å². The van der Waals surface area contributed by atoms with Crippen LogP contribution in [-0.4, -0.2) is 4.57 Å². The van der Waals surface area contributed by atoms with E-state index in [9.17, 15) is 2.74 Å². The first-order valence-electron chi connectivity index (χ1n) is 19.8. The van der Waals surface area contributed by atoms with E-state index in [-0.39, 0.29) is 24.2 Å². The number of para-hydroxylation sites is 4. The Bertz CT molecular complexity index is 3380. The van der Waals surface area contributed by atoms with Gasteiger partial charge in [-0.1, -0.05) is 133 Å². The average molecular weight is 681 g/mol. The van der Waals surface area contributed by atoms with Crippen LogP contribution in [0.15, 0.2) is 198 Å². The first-order chi connectivity index (χ1) is 28.0. The number of hydrogen-bond acceptors (Lipinski definition) is 2. The summed E-state index contributed by atoms with van der Waals surface area (Å²) >= 11 is 0. The van der Waals surface area contributed by atoms with Crippen molar-refractivity contribution in [3.05, 3.63) is 194 Å². The second-order valence-electron chi connectivity index (χ2n) is 13.4. The summed E-state index contributed by atoms with van der Waals surface area (Å²) in [6.07, 6.45) is 0. The molecule has 0 aliphatic carbocycles. The van der Waals surface area contributed by atoms with E-state index in [1.54, 1.807) is 0 Å². The minimum Gasteiger partial charge on any atom is -0.455 e. The molecule has 0 saturated heterocycles. The molecule has 0 unspecified atom stereocenters. The second kappa shape index (κ2) is 11.7. The van der Waals surface area contributed by atoms with Gasteiger partial charge in [0, 0.05) is 27.2 Å². The lowest BCUT2D eigenvalue weighted by atomic mass is 10.00. The van der Waals surface area contributed by atoms with Gasteiger partial charge in [0.1, 0.15) is 11.2 Å². The SMILES string of the molecule is [2H]c1c([2H])c([2H])c(-n2c3ccccc3c3ccccc32)c(N(c2cccc(-c3ccc4ccccc4c3)c2)c2cccc3oc4c5ccccc5ccc4c23)c1[2H]. The fraction of sp³-hybridized carbons (Fsp3) is 0. The summed E-state index contributed by atoms with van der Waals surface area (Å²) in [7, 11) is 0. The van der Waals surface area contributed by atoms with Gasteiger partial charge in [-0.25, -0.2) is 0 Å². The molecule has 2 aromatic heterocycles. The van der Waals surface area contributed by atoms with Crippen LogP contribution >= 0.6 is 0 Å². The van der Waals surface area contributed by atoms with Crippen molar-refractivity contribution in [2.45, 2.75) is 0 Å². The van der Waals surface area contributed by atoms with E-state index in [1.165, 1.54) is 0 Å². The number of aromatic nitrogens is 1. The molecule has 0 atom stereocenters. The number of rotatable bonds is 5. The molecule has 11 rings (SSSR count). The van der Waals surface area contributed by atoms with Crippen molar-refractivity contribution in [3.8, 4) is 16.8 Å². The predicted octanol–water partition coefficient (Wildman–Crippen LogP) is 14.1. The molecule has 0 amide bonds. The van der Waals surface area contributed by atoms with Gasteiger partial charge < -0.3 is 13.9 Å². The quantitative estimate of drug-likeness (QED) is 0.180. The summed E-state index contributed by atoms with van der Waals surface area (Å²) in [5, 5.41) is 8.08. The fourth-order valence-electron chi connectivity index (χ4n) is 8.09. The zero-order valence-corrected chi connectivity index (χ0v) is 28.5. The Balaban J connectivity index is 1.28. The molecule has 0 N–H and O–H groups in total. The highest BCUT2D eigenvalue weighted by Crippen LogP contribution is 2.47. The maximum atomic E-state index is 9.80. The number of benzene rings is 9. The van der Waals surface area contributed by atoms with E-state index in [4.69, 9.17) is 7.16 Å².